The first-order chi connectivity index (χ1) is 27.2. The Morgan fingerprint density at radius 2 is 1.02 bits per heavy atom. The van der Waals surface area contributed by atoms with Crippen LogP contribution in [0.15, 0.2) is 205 Å². The first-order valence-electron chi connectivity index (χ1n) is 18.7. The monoisotopic (exact) mass is 719 g/mol. The third-order valence-electron chi connectivity index (χ3n) is 10.9. The van der Waals surface area contributed by atoms with E-state index in [9.17, 15) is 0 Å². The second-order valence-electron chi connectivity index (χ2n) is 14.1. The molecule has 2 aromatic heterocycles. The minimum absolute atomic E-state index is 0.900. The average Bonchev–Trinajstić information content (AvgIpc) is 3.83. The molecule has 0 saturated carbocycles. The summed E-state index contributed by atoms with van der Waals surface area (Å²) in [5.74, 6) is 0. The molecule has 2 nitrogen and oxygen atoms in total. The lowest BCUT2D eigenvalue weighted by Gasteiger charge is -2.27. The highest BCUT2D eigenvalue weighted by Gasteiger charge is 2.20. The van der Waals surface area contributed by atoms with Gasteiger partial charge in [-0.25, -0.2) is 0 Å². The summed E-state index contributed by atoms with van der Waals surface area (Å²) >= 11 is 1.86. The van der Waals surface area contributed by atoms with E-state index >= 15 is 0 Å². The lowest BCUT2D eigenvalue weighted by atomic mass is 9.98. The van der Waals surface area contributed by atoms with Gasteiger partial charge in [-0.05, 0) is 98.8 Å². The van der Waals surface area contributed by atoms with Crippen molar-refractivity contribution in [1.82, 2.24) is 0 Å². The van der Waals surface area contributed by atoms with Crippen LogP contribution in [0.1, 0.15) is 0 Å². The van der Waals surface area contributed by atoms with E-state index in [2.05, 4.69) is 193 Å². The topological polar surface area (TPSA) is 16.4 Å². The van der Waals surface area contributed by atoms with Crippen LogP contribution in [0.3, 0.4) is 0 Å². The molecule has 0 N–H and O–H groups in total. The largest absolute Gasteiger partial charge is 0.456 e. The maximum absolute atomic E-state index is 6.29. The minimum atomic E-state index is 0.900. The zero-order valence-electron chi connectivity index (χ0n) is 29.8. The molecule has 0 fully saturated rings. The van der Waals surface area contributed by atoms with E-state index < -0.39 is 0 Å². The van der Waals surface area contributed by atoms with Crippen molar-refractivity contribution >= 4 is 81.3 Å². The Morgan fingerprint density at radius 1 is 0.382 bits per heavy atom. The molecule has 0 aliphatic carbocycles. The molecule has 3 heteroatoms. The Bertz CT molecular complexity index is 3210. The molecule has 0 radical (unpaired) electrons. The molecule has 11 aromatic rings. The second-order valence-corrected chi connectivity index (χ2v) is 15.2. The number of nitrogens with zero attached hydrogens (tertiary/aromatic N) is 1. The molecule has 0 aliphatic rings. The van der Waals surface area contributed by atoms with Crippen molar-refractivity contribution in [3.63, 3.8) is 0 Å². The molecule has 0 saturated heterocycles. The van der Waals surface area contributed by atoms with Crippen LogP contribution in [-0.4, -0.2) is 0 Å². The van der Waals surface area contributed by atoms with Gasteiger partial charge in [0.15, 0.2) is 0 Å². The van der Waals surface area contributed by atoms with E-state index in [-0.39, 0.29) is 0 Å². The SMILES string of the molecule is c1cc(-c2cccc3oc4ccccc4c23)cc(N(c2ccc(-c3ccc(-c4ccc5ccccc5c4)cc3)cc2)c2cccc3c2sc2ccccc23)c1. The van der Waals surface area contributed by atoms with Crippen LogP contribution in [0.5, 0.6) is 0 Å². The van der Waals surface area contributed by atoms with Crippen LogP contribution in [-0.2, 0) is 0 Å². The Morgan fingerprint density at radius 3 is 1.87 bits per heavy atom. The summed E-state index contributed by atoms with van der Waals surface area (Å²) in [6.07, 6.45) is 0. The summed E-state index contributed by atoms with van der Waals surface area (Å²) in [6, 6.07) is 72.2. The normalized spacial score (nSPS) is 11.6. The smallest absolute Gasteiger partial charge is 0.136 e. The number of anilines is 3. The van der Waals surface area contributed by atoms with Crippen molar-refractivity contribution in [2.24, 2.45) is 0 Å². The fraction of sp³-hybridized carbons (Fsp3) is 0. The van der Waals surface area contributed by atoms with Crippen molar-refractivity contribution in [1.29, 1.82) is 0 Å². The zero-order valence-corrected chi connectivity index (χ0v) is 30.6. The molecule has 0 unspecified atom stereocenters. The van der Waals surface area contributed by atoms with E-state index in [0.29, 0.717) is 0 Å². The van der Waals surface area contributed by atoms with Crippen LogP contribution in [0.25, 0.3) is 86.3 Å². The van der Waals surface area contributed by atoms with Gasteiger partial charge in [0.05, 0.1) is 10.4 Å². The van der Waals surface area contributed by atoms with Crippen molar-refractivity contribution in [3.8, 4) is 33.4 Å². The third-order valence-corrected chi connectivity index (χ3v) is 12.1. The standard InChI is InChI=1S/C52H33NOS/c1-2-11-38-32-39(27-26-34(38)10-1)37-24-22-35(23-25-37)36-28-30-41(31-29-36)53(47-18-8-17-45-44-14-4-6-21-50(44)55-52(45)47)42-13-7-12-40(33-42)43-16-9-20-49-51(43)46-15-3-5-19-48(46)54-49/h1-33H. The van der Waals surface area contributed by atoms with Gasteiger partial charge in [0.25, 0.3) is 0 Å². The maximum atomic E-state index is 6.29. The molecule has 0 atom stereocenters. The summed E-state index contributed by atoms with van der Waals surface area (Å²) in [4.78, 5) is 2.42. The molecule has 55 heavy (non-hydrogen) atoms. The van der Waals surface area contributed by atoms with Gasteiger partial charge in [-0.1, -0.05) is 146 Å². The second kappa shape index (κ2) is 12.9. The summed E-state index contributed by atoms with van der Waals surface area (Å²) in [5, 5.41) is 7.36. The number of thiophene rings is 1. The highest BCUT2D eigenvalue weighted by Crippen LogP contribution is 2.46. The fourth-order valence-corrected chi connectivity index (χ4v) is 9.40. The summed E-state index contributed by atoms with van der Waals surface area (Å²) < 4.78 is 8.85. The van der Waals surface area contributed by atoms with E-state index in [1.54, 1.807) is 0 Å². The number of hydrogen-bond acceptors (Lipinski definition) is 3. The zero-order chi connectivity index (χ0) is 36.3. The molecule has 9 aromatic carbocycles. The van der Waals surface area contributed by atoms with E-state index in [1.165, 1.54) is 53.2 Å². The van der Waals surface area contributed by atoms with Gasteiger partial charge in [-0.3, -0.25) is 0 Å². The maximum Gasteiger partial charge on any atom is 0.136 e. The van der Waals surface area contributed by atoms with Crippen LogP contribution in [0.4, 0.5) is 17.1 Å². The van der Waals surface area contributed by atoms with Gasteiger partial charge in [-0.15, -0.1) is 11.3 Å². The average molecular weight is 720 g/mol. The molecule has 258 valence electrons. The molecule has 0 spiro atoms. The summed E-state index contributed by atoms with van der Waals surface area (Å²) in [7, 11) is 0. The molecule has 11 rings (SSSR count). The van der Waals surface area contributed by atoms with Crippen molar-refractivity contribution in [3.05, 3.63) is 200 Å². The molecule has 0 amide bonds. The molecular weight excluding hydrogens is 687 g/mol. The molecule has 0 bridgehead atoms. The van der Waals surface area contributed by atoms with Crippen LogP contribution in [0, 0.1) is 0 Å². The Labute approximate surface area is 322 Å². The number of hydrogen-bond donors (Lipinski definition) is 0. The lowest BCUT2D eigenvalue weighted by Crippen LogP contribution is -2.10. The van der Waals surface area contributed by atoms with E-state index in [1.807, 2.05) is 23.5 Å². The quantitative estimate of drug-likeness (QED) is 0.170. The van der Waals surface area contributed by atoms with E-state index in [4.69, 9.17) is 4.42 Å². The third kappa shape index (κ3) is 5.40. The highest BCUT2D eigenvalue weighted by atomic mass is 32.1. The van der Waals surface area contributed by atoms with Gasteiger partial charge in [0.2, 0.25) is 0 Å². The summed E-state index contributed by atoms with van der Waals surface area (Å²) in [5.41, 5.74) is 12.3. The molecule has 2 heterocycles. The number of para-hydroxylation sites is 1. The number of furan rings is 1. The predicted molar refractivity (Wildman–Crippen MR) is 235 cm³/mol. The summed E-state index contributed by atoms with van der Waals surface area (Å²) in [6.45, 7) is 0. The Balaban J connectivity index is 1.02. The van der Waals surface area contributed by atoms with Crippen LogP contribution in [0.2, 0.25) is 0 Å². The van der Waals surface area contributed by atoms with Crippen molar-refractivity contribution < 1.29 is 4.42 Å². The fourth-order valence-electron chi connectivity index (χ4n) is 8.19. The minimum Gasteiger partial charge on any atom is -0.456 e. The lowest BCUT2D eigenvalue weighted by molar-refractivity contribution is 0.669. The van der Waals surface area contributed by atoms with Gasteiger partial charge < -0.3 is 9.32 Å². The highest BCUT2D eigenvalue weighted by molar-refractivity contribution is 7.26. The number of rotatable bonds is 6. The van der Waals surface area contributed by atoms with Crippen molar-refractivity contribution in [2.45, 2.75) is 0 Å². The number of benzene rings is 9. The molecular formula is C52H33NOS. The van der Waals surface area contributed by atoms with Crippen LogP contribution < -0.4 is 4.90 Å². The van der Waals surface area contributed by atoms with Crippen molar-refractivity contribution in [2.75, 3.05) is 4.90 Å². The van der Waals surface area contributed by atoms with Gasteiger partial charge >= 0.3 is 0 Å². The predicted octanol–water partition coefficient (Wildman–Crippen LogP) is 15.6. The Hall–Kier alpha value is -6.94. The molecule has 0 aliphatic heterocycles. The Kier molecular flexibility index (Phi) is 7.39. The van der Waals surface area contributed by atoms with Gasteiger partial charge in [-0.2, -0.15) is 0 Å². The van der Waals surface area contributed by atoms with Gasteiger partial charge in [0, 0.05) is 37.6 Å². The van der Waals surface area contributed by atoms with Gasteiger partial charge in [0.1, 0.15) is 11.2 Å². The van der Waals surface area contributed by atoms with E-state index in [0.717, 1.165) is 50.1 Å². The number of fused-ring (bicyclic) bond motifs is 7. The van der Waals surface area contributed by atoms with Crippen LogP contribution >= 0.6 is 11.3 Å². The first-order valence-corrected chi connectivity index (χ1v) is 19.5. The first kappa shape index (κ1) is 31.6.